The van der Waals surface area contributed by atoms with Crippen molar-refractivity contribution >= 4 is 13.8 Å². The van der Waals surface area contributed by atoms with Crippen LogP contribution in [0.2, 0.25) is 0 Å². The Hall–Kier alpha value is -1.18. The lowest BCUT2D eigenvalue weighted by Gasteiger charge is -2.68. The predicted molar refractivity (Wildman–Crippen MR) is 88.8 cm³/mol. The Balaban J connectivity index is 1.77. The summed E-state index contributed by atoms with van der Waals surface area (Å²) in [6.07, 6.45) is 9.81. The van der Waals surface area contributed by atoms with Gasteiger partial charge in [-0.3, -0.25) is 4.57 Å². The molecule has 0 unspecified atom stereocenters. The van der Waals surface area contributed by atoms with Gasteiger partial charge in [0.15, 0.2) is 8.46 Å². The van der Waals surface area contributed by atoms with E-state index in [-0.39, 0.29) is 30.8 Å². The van der Waals surface area contributed by atoms with Crippen molar-refractivity contribution in [2.45, 2.75) is 50.2 Å². The van der Waals surface area contributed by atoms with Gasteiger partial charge < -0.3 is 10.1 Å². The monoisotopic (exact) mass is 325 g/mol. The number of ether oxygens (including phenoxy) is 1. The normalized spacial score (nSPS) is 47.5. The lowest BCUT2D eigenvalue weighted by atomic mass is 9.37. The van der Waals surface area contributed by atoms with Gasteiger partial charge in [-0.2, -0.15) is 0 Å². The molecule has 6 aliphatic rings. The van der Waals surface area contributed by atoms with Gasteiger partial charge in [0.05, 0.1) is 5.30 Å². The summed E-state index contributed by atoms with van der Waals surface area (Å²) in [4.78, 5) is 0. The minimum absolute atomic E-state index is 0.0791. The molecule has 0 amide bonds. The van der Waals surface area contributed by atoms with Crippen molar-refractivity contribution in [2.24, 2.45) is 10.8 Å². The zero-order valence-electron chi connectivity index (χ0n) is 13.3. The van der Waals surface area contributed by atoms with E-state index in [0.717, 1.165) is 30.4 Å². The van der Waals surface area contributed by atoms with E-state index in [0.29, 0.717) is 6.04 Å². The maximum Gasteiger partial charge on any atom is 0.196 e. The molecule has 1 N–H and O–H groups in total. The van der Waals surface area contributed by atoms with Gasteiger partial charge in [-0.1, -0.05) is 25.1 Å². The number of hydrogen-bond acceptors (Lipinski definition) is 3. The Morgan fingerprint density at radius 3 is 2.96 bits per heavy atom. The molecule has 2 fully saturated rings. The summed E-state index contributed by atoms with van der Waals surface area (Å²) < 4.78 is 18.3. The Morgan fingerprint density at radius 2 is 2.17 bits per heavy atom. The first-order chi connectivity index (χ1) is 11.1. The van der Waals surface area contributed by atoms with E-state index < -0.39 is 0 Å². The molecular weight excluding hydrogens is 305 g/mol. The SMILES string of the molecule is C[C@]12C=C[C@@]3(CC1)[C@H]1Cc4ccc(P=O)c5c4[C@@]3(CCN1)[C@H]2O5. The molecular formula is C19H20NO2P. The van der Waals surface area contributed by atoms with Crippen molar-refractivity contribution in [3.05, 3.63) is 35.4 Å². The van der Waals surface area contributed by atoms with Crippen molar-refractivity contribution in [1.82, 2.24) is 5.32 Å². The minimum atomic E-state index is 0.0791. The van der Waals surface area contributed by atoms with E-state index in [2.05, 4.69) is 30.5 Å². The summed E-state index contributed by atoms with van der Waals surface area (Å²) in [7, 11) is 0.0791. The molecule has 4 bridgehead atoms. The Bertz CT molecular complexity index is 805. The van der Waals surface area contributed by atoms with E-state index in [1.807, 2.05) is 6.07 Å². The minimum Gasteiger partial charge on any atom is -0.487 e. The van der Waals surface area contributed by atoms with Crippen LogP contribution >= 0.6 is 8.46 Å². The molecule has 1 saturated carbocycles. The van der Waals surface area contributed by atoms with Crippen molar-refractivity contribution in [1.29, 1.82) is 0 Å². The van der Waals surface area contributed by atoms with Gasteiger partial charge in [0.25, 0.3) is 0 Å². The van der Waals surface area contributed by atoms with Gasteiger partial charge in [0.2, 0.25) is 0 Å². The average molecular weight is 325 g/mol. The molecule has 0 aromatic heterocycles. The van der Waals surface area contributed by atoms with E-state index in [1.165, 1.54) is 24.0 Å². The summed E-state index contributed by atoms with van der Waals surface area (Å²) >= 11 is 0. The molecule has 1 saturated heterocycles. The zero-order valence-corrected chi connectivity index (χ0v) is 14.2. The van der Waals surface area contributed by atoms with Gasteiger partial charge in [0, 0.05) is 27.9 Å². The second-order valence-corrected chi connectivity index (χ2v) is 9.01. The lowest BCUT2D eigenvalue weighted by Crippen LogP contribution is -2.74. The van der Waals surface area contributed by atoms with Crippen LogP contribution in [-0.4, -0.2) is 18.7 Å². The molecule has 4 aliphatic carbocycles. The van der Waals surface area contributed by atoms with Crippen LogP contribution in [0.25, 0.3) is 0 Å². The number of benzene rings is 1. The number of hydrogen-bond donors (Lipinski definition) is 1. The maximum atomic E-state index is 11.7. The third kappa shape index (κ3) is 1.16. The van der Waals surface area contributed by atoms with Gasteiger partial charge in [0.1, 0.15) is 11.9 Å². The molecule has 23 heavy (non-hydrogen) atoms. The fourth-order valence-electron chi connectivity index (χ4n) is 6.75. The van der Waals surface area contributed by atoms with Crippen molar-refractivity contribution in [3.63, 3.8) is 0 Å². The van der Waals surface area contributed by atoms with Crippen molar-refractivity contribution in [2.75, 3.05) is 6.54 Å². The van der Waals surface area contributed by atoms with Crippen LogP contribution in [0, 0.1) is 10.8 Å². The van der Waals surface area contributed by atoms with Crippen LogP contribution < -0.4 is 15.4 Å². The molecule has 2 heterocycles. The van der Waals surface area contributed by atoms with Crippen LogP contribution in [0.4, 0.5) is 0 Å². The molecule has 1 aromatic rings. The van der Waals surface area contributed by atoms with Gasteiger partial charge in [-0.05, 0) is 43.9 Å². The average Bonchev–Trinajstić information content (AvgIpc) is 2.92. The van der Waals surface area contributed by atoms with Crippen LogP contribution in [0.5, 0.6) is 5.75 Å². The molecule has 3 nitrogen and oxygen atoms in total. The smallest absolute Gasteiger partial charge is 0.196 e. The number of fused-ring (bicyclic) bond motifs is 1. The second-order valence-electron chi connectivity index (χ2n) is 8.35. The van der Waals surface area contributed by atoms with Crippen LogP contribution in [0.15, 0.2) is 24.3 Å². The summed E-state index contributed by atoms with van der Waals surface area (Å²) in [6, 6.07) is 4.72. The number of piperidine rings is 1. The first-order valence-electron chi connectivity index (χ1n) is 8.75. The highest BCUT2D eigenvalue weighted by molar-refractivity contribution is 7.34. The zero-order chi connectivity index (χ0) is 15.4. The van der Waals surface area contributed by atoms with E-state index in [1.54, 1.807) is 0 Å². The molecule has 4 heteroatoms. The largest absolute Gasteiger partial charge is 0.487 e. The predicted octanol–water partition coefficient (Wildman–Crippen LogP) is 2.88. The number of nitrogens with one attached hydrogen (secondary N) is 1. The fourth-order valence-corrected chi connectivity index (χ4v) is 7.13. The first kappa shape index (κ1) is 13.1. The maximum absolute atomic E-state index is 11.7. The highest BCUT2D eigenvalue weighted by Crippen LogP contribution is 2.72. The second kappa shape index (κ2) is 3.73. The topological polar surface area (TPSA) is 38.3 Å². The summed E-state index contributed by atoms with van der Waals surface area (Å²) in [5, 5.41) is 4.65. The third-order valence-electron chi connectivity index (χ3n) is 7.68. The van der Waals surface area contributed by atoms with Crippen LogP contribution in [-0.2, 0) is 16.4 Å². The molecule has 1 aromatic carbocycles. The van der Waals surface area contributed by atoms with Crippen molar-refractivity contribution < 1.29 is 9.30 Å². The fraction of sp³-hybridized carbons (Fsp3) is 0.579. The van der Waals surface area contributed by atoms with Gasteiger partial charge in [-0.25, -0.2) is 0 Å². The molecule has 118 valence electrons. The Morgan fingerprint density at radius 1 is 1.26 bits per heavy atom. The van der Waals surface area contributed by atoms with Gasteiger partial charge >= 0.3 is 0 Å². The highest BCUT2D eigenvalue weighted by atomic mass is 31.1. The van der Waals surface area contributed by atoms with Crippen molar-refractivity contribution in [3.8, 4) is 5.75 Å². The standard InChI is InChI=1S/C19H20NO2P/c1-17-4-6-18(7-5-17)13-10-11-2-3-12(23-21)15-14(11)19(18,8-9-20-13)16(17)22-15/h2-4,6,13,16,20H,5,7-10H2,1H3/t13-,16+,17+,18-,19+/m1/s1. The Kier molecular flexibility index (Phi) is 2.13. The van der Waals surface area contributed by atoms with E-state index in [4.69, 9.17) is 4.74 Å². The summed E-state index contributed by atoms with van der Waals surface area (Å²) in [5.41, 5.74) is 3.21. The molecule has 7 rings (SSSR count). The molecule has 5 atom stereocenters. The summed E-state index contributed by atoms with van der Waals surface area (Å²) in [5.74, 6) is 0.950. The van der Waals surface area contributed by atoms with Crippen LogP contribution in [0.1, 0.15) is 37.3 Å². The van der Waals surface area contributed by atoms with Gasteiger partial charge in [-0.15, -0.1) is 0 Å². The third-order valence-corrected chi connectivity index (χ3v) is 8.22. The highest BCUT2D eigenvalue weighted by Gasteiger charge is 2.74. The molecule has 2 spiro atoms. The number of rotatable bonds is 1. The first-order valence-corrected chi connectivity index (χ1v) is 9.56. The Labute approximate surface area is 137 Å². The summed E-state index contributed by atoms with van der Waals surface area (Å²) in [6.45, 7) is 3.42. The van der Waals surface area contributed by atoms with Crippen LogP contribution in [0.3, 0.4) is 0 Å². The lowest BCUT2D eigenvalue weighted by molar-refractivity contribution is -0.109. The van der Waals surface area contributed by atoms with E-state index in [9.17, 15) is 4.57 Å². The molecule has 2 aliphatic heterocycles. The van der Waals surface area contributed by atoms with E-state index >= 15 is 0 Å². The quantitative estimate of drug-likeness (QED) is 0.637. The molecule has 0 radical (unpaired) electrons.